The van der Waals surface area contributed by atoms with Crippen LogP contribution < -0.4 is 0 Å². The molecular formula is C33H20FN. The molecule has 0 atom stereocenters. The van der Waals surface area contributed by atoms with Crippen LogP contribution in [0, 0.1) is 5.82 Å². The van der Waals surface area contributed by atoms with Crippen molar-refractivity contribution in [1.82, 2.24) is 4.98 Å². The topological polar surface area (TPSA) is 12.9 Å². The fourth-order valence-electron chi connectivity index (χ4n) is 5.38. The highest BCUT2D eigenvalue weighted by Gasteiger charge is 2.31. The second-order valence-corrected chi connectivity index (χ2v) is 8.88. The number of pyridine rings is 1. The predicted molar refractivity (Wildman–Crippen MR) is 142 cm³/mol. The molecule has 0 N–H and O–H groups in total. The van der Waals surface area contributed by atoms with E-state index in [1.807, 2.05) is 24.3 Å². The van der Waals surface area contributed by atoms with Gasteiger partial charge in [0.05, 0.1) is 11.4 Å². The van der Waals surface area contributed by atoms with Crippen molar-refractivity contribution in [3.63, 3.8) is 0 Å². The molecule has 6 aromatic rings. The SMILES string of the molecule is Fc1ccc(-c2nc(-c3ccccc3)c3c(c2-c2ccccc2)-c2cccc4cccc-3c24)cc1. The highest BCUT2D eigenvalue weighted by atomic mass is 19.1. The van der Waals surface area contributed by atoms with Gasteiger partial charge in [-0.25, -0.2) is 9.37 Å². The minimum Gasteiger partial charge on any atom is -0.246 e. The predicted octanol–water partition coefficient (Wildman–Crippen LogP) is 9.02. The van der Waals surface area contributed by atoms with Gasteiger partial charge in [-0.3, -0.25) is 0 Å². The molecule has 7 rings (SSSR count). The van der Waals surface area contributed by atoms with Gasteiger partial charge in [0, 0.05) is 27.8 Å². The van der Waals surface area contributed by atoms with Crippen LogP contribution >= 0.6 is 0 Å². The van der Waals surface area contributed by atoms with Gasteiger partial charge in [0.15, 0.2) is 0 Å². The van der Waals surface area contributed by atoms with E-state index in [1.165, 1.54) is 39.6 Å². The maximum Gasteiger partial charge on any atom is 0.123 e. The largest absolute Gasteiger partial charge is 0.246 e. The number of hydrogen-bond acceptors (Lipinski definition) is 1. The minimum absolute atomic E-state index is 0.253. The molecule has 35 heavy (non-hydrogen) atoms. The molecule has 1 aliphatic carbocycles. The number of fused-ring (bicyclic) bond motifs is 3. The Morgan fingerprint density at radius 2 is 0.971 bits per heavy atom. The summed E-state index contributed by atoms with van der Waals surface area (Å²) in [5, 5.41) is 2.48. The van der Waals surface area contributed by atoms with Gasteiger partial charge in [-0.05, 0) is 51.7 Å². The molecule has 0 radical (unpaired) electrons. The third-order valence-corrected chi connectivity index (χ3v) is 6.87. The molecule has 0 bridgehead atoms. The normalized spacial score (nSPS) is 11.6. The molecule has 1 aromatic heterocycles. The summed E-state index contributed by atoms with van der Waals surface area (Å²) in [7, 11) is 0. The Hall–Kier alpha value is -4.56. The summed E-state index contributed by atoms with van der Waals surface area (Å²) < 4.78 is 13.9. The summed E-state index contributed by atoms with van der Waals surface area (Å²) >= 11 is 0. The molecule has 0 amide bonds. The summed E-state index contributed by atoms with van der Waals surface area (Å²) in [5.41, 5.74) is 10.7. The minimum atomic E-state index is -0.253. The maximum absolute atomic E-state index is 13.9. The van der Waals surface area contributed by atoms with E-state index in [2.05, 4.69) is 84.9 Å². The van der Waals surface area contributed by atoms with Crippen molar-refractivity contribution >= 4 is 10.8 Å². The monoisotopic (exact) mass is 449 g/mol. The van der Waals surface area contributed by atoms with E-state index < -0.39 is 0 Å². The Labute approximate surface area is 203 Å². The van der Waals surface area contributed by atoms with Crippen LogP contribution in [-0.2, 0) is 0 Å². The van der Waals surface area contributed by atoms with Crippen LogP contribution in [0.3, 0.4) is 0 Å². The lowest BCUT2D eigenvalue weighted by atomic mass is 9.88. The number of hydrogen-bond donors (Lipinski definition) is 0. The number of benzene rings is 5. The van der Waals surface area contributed by atoms with Gasteiger partial charge in [-0.2, -0.15) is 0 Å². The second kappa shape index (κ2) is 7.75. The molecule has 164 valence electrons. The quantitative estimate of drug-likeness (QED) is 0.262. The molecule has 0 spiro atoms. The van der Waals surface area contributed by atoms with Gasteiger partial charge in [0.25, 0.3) is 0 Å². The lowest BCUT2D eigenvalue weighted by Crippen LogP contribution is -1.98. The van der Waals surface area contributed by atoms with Crippen molar-refractivity contribution in [2.75, 3.05) is 0 Å². The third-order valence-electron chi connectivity index (χ3n) is 6.87. The summed E-state index contributed by atoms with van der Waals surface area (Å²) in [6.07, 6.45) is 0. The summed E-state index contributed by atoms with van der Waals surface area (Å²) in [5.74, 6) is -0.253. The number of nitrogens with zero attached hydrogens (tertiary/aromatic N) is 1. The Morgan fingerprint density at radius 1 is 0.429 bits per heavy atom. The number of halogens is 1. The zero-order valence-corrected chi connectivity index (χ0v) is 18.9. The first-order chi connectivity index (χ1) is 17.3. The molecular weight excluding hydrogens is 429 g/mol. The van der Waals surface area contributed by atoms with Gasteiger partial charge in [-0.15, -0.1) is 0 Å². The van der Waals surface area contributed by atoms with Crippen LogP contribution in [0.25, 0.3) is 66.7 Å². The average molecular weight is 450 g/mol. The van der Waals surface area contributed by atoms with E-state index >= 15 is 0 Å². The first kappa shape index (κ1) is 19.9. The molecule has 2 heteroatoms. The van der Waals surface area contributed by atoms with Crippen LogP contribution in [0.2, 0.25) is 0 Å². The summed E-state index contributed by atoms with van der Waals surface area (Å²) in [6, 6.07) is 40.5. The molecule has 0 aliphatic heterocycles. The fourth-order valence-corrected chi connectivity index (χ4v) is 5.38. The molecule has 0 saturated heterocycles. The summed E-state index contributed by atoms with van der Waals surface area (Å²) in [6.45, 7) is 0. The van der Waals surface area contributed by atoms with E-state index in [4.69, 9.17) is 4.98 Å². The smallest absolute Gasteiger partial charge is 0.123 e. The Morgan fingerprint density at radius 3 is 1.63 bits per heavy atom. The van der Waals surface area contributed by atoms with Gasteiger partial charge in [0.1, 0.15) is 5.82 Å². The van der Waals surface area contributed by atoms with Gasteiger partial charge in [-0.1, -0.05) is 97.1 Å². The molecule has 0 saturated carbocycles. The van der Waals surface area contributed by atoms with Gasteiger partial charge >= 0.3 is 0 Å². The summed E-state index contributed by atoms with van der Waals surface area (Å²) in [4.78, 5) is 5.34. The average Bonchev–Trinajstić information content (AvgIpc) is 3.26. The van der Waals surface area contributed by atoms with Crippen molar-refractivity contribution in [3.05, 3.63) is 127 Å². The Balaban J connectivity index is 1.69. The zero-order chi connectivity index (χ0) is 23.4. The van der Waals surface area contributed by atoms with E-state index in [9.17, 15) is 4.39 Å². The molecule has 5 aromatic carbocycles. The van der Waals surface area contributed by atoms with E-state index in [0.29, 0.717) is 0 Å². The number of rotatable bonds is 3. The zero-order valence-electron chi connectivity index (χ0n) is 18.9. The fraction of sp³-hybridized carbons (Fsp3) is 0. The van der Waals surface area contributed by atoms with Crippen LogP contribution in [-0.4, -0.2) is 4.98 Å². The van der Waals surface area contributed by atoms with Gasteiger partial charge in [0.2, 0.25) is 0 Å². The van der Waals surface area contributed by atoms with E-state index in [0.717, 1.165) is 39.2 Å². The maximum atomic E-state index is 13.9. The van der Waals surface area contributed by atoms with Gasteiger partial charge < -0.3 is 0 Å². The molecule has 1 heterocycles. The molecule has 1 nitrogen and oxygen atoms in total. The van der Waals surface area contributed by atoms with Crippen LogP contribution in [0.15, 0.2) is 121 Å². The van der Waals surface area contributed by atoms with Crippen molar-refractivity contribution in [3.8, 4) is 55.9 Å². The number of aromatic nitrogens is 1. The van der Waals surface area contributed by atoms with E-state index in [-0.39, 0.29) is 5.82 Å². The van der Waals surface area contributed by atoms with Crippen LogP contribution in [0.5, 0.6) is 0 Å². The molecule has 1 aliphatic rings. The Bertz CT molecular complexity index is 1710. The third kappa shape index (κ3) is 3.04. The highest BCUT2D eigenvalue weighted by molar-refractivity contribution is 6.21. The van der Waals surface area contributed by atoms with Crippen LogP contribution in [0.1, 0.15) is 0 Å². The van der Waals surface area contributed by atoms with Crippen molar-refractivity contribution in [1.29, 1.82) is 0 Å². The molecule has 0 unspecified atom stereocenters. The lowest BCUT2D eigenvalue weighted by molar-refractivity contribution is 0.628. The first-order valence-corrected chi connectivity index (χ1v) is 11.8. The first-order valence-electron chi connectivity index (χ1n) is 11.8. The highest BCUT2D eigenvalue weighted by Crippen LogP contribution is 2.55. The van der Waals surface area contributed by atoms with Crippen molar-refractivity contribution in [2.45, 2.75) is 0 Å². The second-order valence-electron chi connectivity index (χ2n) is 8.88. The Kier molecular flexibility index (Phi) is 4.40. The molecule has 0 fully saturated rings. The van der Waals surface area contributed by atoms with Crippen LogP contribution in [0.4, 0.5) is 4.39 Å². The lowest BCUT2D eigenvalue weighted by Gasteiger charge is -2.19. The van der Waals surface area contributed by atoms with Crippen molar-refractivity contribution < 1.29 is 4.39 Å². The van der Waals surface area contributed by atoms with Crippen molar-refractivity contribution in [2.24, 2.45) is 0 Å². The standard InChI is InChI=1S/C33H20FN/c34-25-19-17-24(18-20-25)32-29(22-9-3-1-4-10-22)30-26-15-7-13-21-14-8-16-27(28(21)26)31(30)33(35-32)23-11-5-2-6-12-23/h1-20H. The van der Waals surface area contributed by atoms with E-state index in [1.54, 1.807) is 0 Å².